The fourth-order valence-corrected chi connectivity index (χ4v) is 5.47. The van der Waals surface area contributed by atoms with Crippen LogP contribution in [0.2, 0.25) is 0 Å². The molecule has 0 bridgehead atoms. The number of aromatic amines is 1. The highest BCUT2D eigenvalue weighted by Crippen LogP contribution is 2.31. The molecular weight excluding hydrogens is 426 g/mol. The van der Waals surface area contributed by atoms with Gasteiger partial charge in [0.05, 0.1) is 11.9 Å². The zero-order valence-electron chi connectivity index (χ0n) is 20.6. The summed E-state index contributed by atoms with van der Waals surface area (Å²) in [6.07, 6.45) is 11.7. The number of H-pyrrole nitrogens is 1. The number of imidazole rings is 1. The lowest BCUT2D eigenvalue weighted by Gasteiger charge is -2.25. The van der Waals surface area contributed by atoms with E-state index >= 15 is 0 Å². The van der Waals surface area contributed by atoms with Crippen LogP contribution in [0.1, 0.15) is 62.0 Å². The standard InChI is InChI=1S/C32H37N3/c1-4-11-25(12-5-1)19-20-30(27-14-6-2-7-15-27)23-33-22-26-13-10-18-29(21-26)31-24-34-32(35-31)28-16-8-3-9-17-28/h2-3,6-10,13-18,21,24-25,30,33H,1,4-5,11-12,19-20,22-23H2,(H,34,35). The molecule has 1 aliphatic carbocycles. The van der Waals surface area contributed by atoms with Crippen molar-refractivity contribution in [1.82, 2.24) is 15.3 Å². The zero-order chi connectivity index (χ0) is 23.7. The van der Waals surface area contributed by atoms with E-state index in [1.165, 1.54) is 61.6 Å². The molecule has 0 radical (unpaired) electrons. The third-order valence-corrected chi connectivity index (χ3v) is 7.50. The Kier molecular flexibility index (Phi) is 8.07. The summed E-state index contributed by atoms with van der Waals surface area (Å²) in [5.74, 6) is 2.41. The van der Waals surface area contributed by atoms with Crippen molar-refractivity contribution < 1.29 is 0 Å². The third-order valence-electron chi connectivity index (χ3n) is 7.50. The van der Waals surface area contributed by atoms with Crippen LogP contribution in [-0.2, 0) is 6.54 Å². The van der Waals surface area contributed by atoms with E-state index in [4.69, 9.17) is 0 Å². The lowest BCUT2D eigenvalue weighted by molar-refractivity contribution is 0.321. The van der Waals surface area contributed by atoms with Crippen molar-refractivity contribution in [2.24, 2.45) is 5.92 Å². The molecule has 1 aromatic heterocycles. The Balaban J connectivity index is 1.20. The summed E-state index contributed by atoms with van der Waals surface area (Å²) in [5.41, 5.74) is 6.11. The second kappa shape index (κ2) is 12.0. The van der Waals surface area contributed by atoms with Crippen LogP contribution in [0.4, 0.5) is 0 Å². The van der Waals surface area contributed by atoms with Gasteiger partial charge in [-0.2, -0.15) is 0 Å². The molecule has 3 nitrogen and oxygen atoms in total. The molecule has 1 aliphatic rings. The van der Waals surface area contributed by atoms with Gasteiger partial charge >= 0.3 is 0 Å². The first-order valence-corrected chi connectivity index (χ1v) is 13.3. The highest BCUT2D eigenvalue weighted by molar-refractivity contribution is 5.64. The van der Waals surface area contributed by atoms with Gasteiger partial charge in [-0.1, -0.05) is 111 Å². The molecule has 1 atom stereocenters. The Morgan fingerprint density at radius 3 is 2.37 bits per heavy atom. The molecule has 35 heavy (non-hydrogen) atoms. The van der Waals surface area contributed by atoms with Crippen LogP contribution in [0.25, 0.3) is 22.6 Å². The second-order valence-corrected chi connectivity index (χ2v) is 10.0. The van der Waals surface area contributed by atoms with Crippen LogP contribution in [0, 0.1) is 5.92 Å². The van der Waals surface area contributed by atoms with Crippen molar-refractivity contribution in [2.75, 3.05) is 6.54 Å². The van der Waals surface area contributed by atoms with Gasteiger partial charge in [0.25, 0.3) is 0 Å². The number of benzene rings is 3. The molecule has 0 aliphatic heterocycles. The smallest absolute Gasteiger partial charge is 0.137 e. The fourth-order valence-electron chi connectivity index (χ4n) is 5.47. The maximum absolute atomic E-state index is 4.60. The van der Waals surface area contributed by atoms with Crippen molar-refractivity contribution in [3.05, 3.63) is 102 Å². The molecule has 180 valence electrons. The largest absolute Gasteiger partial charge is 0.338 e. The lowest BCUT2D eigenvalue weighted by Crippen LogP contribution is -2.22. The second-order valence-electron chi connectivity index (χ2n) is 10.0. The van der Waals surface area contributed by atoms with Crippen LogP contribution in [0.15, 0.2) is 91.1 Å². The number of nitrogens with zero attached hydrogens (tertiary/aromatic N) is 1. The van der Waals surface area contributed by atoms with Crippen molar-refractivity contribution in [2.45, 2.75) is 57.4 Å². The summed E-state index contributed by atoms with van der Waals surface area (Å²) in [6, 6.07) is 30.2. The average Bonchev–Trinajstić information content (AvgIpc) is 3.43. The predicted molar refractivity (Wildman–Crippen MR) is 146 cm³/mol. The zero-order valence-corrected chi connectivity index (χ0v) is 20.6. The molecule has 1 saturated carbocycles. The van der Waals surface area contributed by atoms with Gasteiger partial charge in [-0.3, -0.25) is 0 Å². The Hall–Kier alpha value is -3.17. The molecule has 0 saturated heterocycles. The van der Waals surface area contributed by atoms with Crippen molar-refractivity contribution in [3.8, 4) is 22.6 Å². The first-order chi connectivity index (χ1) is 17.3. The van der Waals surface area contributed by atoms with Gasteiger partial charge in [0.1, 0.15) is 5.82 Å². The first kappa shape index (κ1) is 23.6. The maximum atomic E-state index is 4.60. The molecular formula is C32H37N3. The van der Waals surface area contributed by atoms with Gasteiger partial charge in [-0.05, 0) is 47.4 Å². The Morgan fingerprint density at radius 1 is 0.829 bits per heavy atom. The van der Waals surface area contributed by atoms with Crippen LogP contribution in [-0.4, -0.2) is 16.5 Å². The molecule has 1 heterocycles. The van der Waals surface area contributed by atoms with E-state index in [1.54, 1.807) is 0 Å². The first-order valence-electron chi connectivity index (χ1n) is 13.3. The number of aromatic nitrogens is 2. The Morgan fingerprint density at radius 2 is 1.57 bits per heavy atom. The molecule has 1 fully saturated rings. The quantitative estimate of drug-likeness (QED) is 0.250. The van der Waals surface area contributed by atoms with Gasteiger partial charge in [0, 0.05) is 18.7 Å². The number of rotatable bonds is 10. The highest BCUT2D eigenvalue weighted by atomic mass is 14.9. The highest BCUT2D eigenvalue weighted by Gasteiger charge is 2.17. The van der Waals surface area contributed by atoms with E-state index in [0.717, 1.165) is 36.1 Å². The van der Waals surface area contributed by atoms with Crippen molar-refractivity contribution in [3.63, 3.8) is 0 Å². The van der Waals surface area contributed by atoms with Gasteiger partial charge in [0.15, 0.2) is 0 Å². The van der Waals surface area contributed by atoms with E-state index in [-0.39, 0.29) is 0 Å². The topological polar surface area (TPSA) is 40.7 Å². The predicted octanol–water partition coefficient (Wildman–Crippen LogP) is 7.98. The lowest BCUT2D eigenvalue weighted by atomic mass is 9.83. The SMILES string of the molecule is c1ccc(-c2ncc(-c3cccc(CNCC(CCC4CCCCC4)c4ccccc4)c3)[nH]2)cc1. The summed E-state index contributed by atoms with van der Waals surface area (Å²) < 4.78 is 0. The van der Waals surface area contributed by atoms with E-state index in [2.05, 4.69) is 82.0 Å². The molecule has 4 aromatic rings. The molecule has 1 unspecified atom stereocenters. The van der Waals surface area contributed by atoms with E-state index < -0.39 is 0 Å². The van der Waals surface area contributed by atoms with E-state index in [9.17, 15) is 0 Å². The van der Waals surface area contributed by atoms with E-state index in [1.807, 2.05) is 24.4 Å². The fraction of sp³-hybridized carbons (Fsp3) is 0.344. The maximum Gasteiger partial charge on any atom is 0.137 e. The van der Waals surface area contributed by atoms with Crippen molar-refractivity contribution >= 4 is 0 Å². The minimum absolute atomic E-state index is 0.572. The van der Waals surface area contributed by atoms with Gasteiger partial charge < -0.3 is 10.3 Å². The van der Waals surface area contributed by atoms with Gasteiger partial charge in [-0.25, -0.2) is 4.98 Å². The van der Waals surface area contributed by atoms with E-state index in [0.29, 0.717) is 5.92 Å². The van der Waals surface area contributed by atoms with Gasteiger partial charge in [-0.15, -0.1) is 0 Å². The number of nitrogens with one attached hydrogen (secondary N) is 2. The van der Waals surface area contributed by atoms with Crippen LogP contribution < -0.4 is 5.32 Å². The average molecular weight is 464 g/mol. The Labute approximate surface area is 210 Å². The molecule has 2 N–H and O–H groups in total. The van der Waals surface area contributed by atoms with Crippen molar-refractivity contribution in [1.29, 1.82) is 0 Å². The number of hydrogen-bond donors (Lipinski definition) is 2. The monoisotopic (exact) mass is 463 g/mol. The third kappa shape index (κ3) is 6.49. The number of hydrogen-bond acceptors (Lipinski definition) is 2. The Bertz CT molecular complexity index is 1160. The summed E-state index contributed by atoms with van der Waals surface area (Å²) in [4.78, 5) is 8.08. The molecule has 3 aromatic carbocycles. The van der Waals surface area contributed by atoms with Gasteiger partial charge in [0.2, 0.25) is 0 Å². The molecule has 3 heteroatoms. The summed E-state index contributed by atoms with van der Waals surface area (Å²) in [7, 11) is 0. The normalized spacial score (nSPS) is 15.2. The minimum Gasteiger partial charge on any atom is -0.338 e. The minimum atomic E-state index is 0.572. The molecule has 0 spiro atoms. The molecule has 5 rings (SSSR count). The molecule has 0 amide bonds. The summed E-state index contributed by atoms with van der Waals surface area (Å²) in [5, 5.41) is 3.77. The summed E-state index contributed by atoms with van der Waals surface area (Å²) >= 11 is 0. The van der Waals surface area contributed by atoms with Crippen LogP contribution in [0.3, 0.4) is 0 Å². The van der Waals surface area contributed by atoms with Crippen LogP contribution in [0.5, 0.6) is 0 Å². The summed E-state index contributed by atoms with van der Waals surface area (Å²) in [6.45, 7) is 1.89. The van der Waals surface area contributed by atoms with Crippen LogP contribution >= 0.6 is 0 Å².